The maximum atomic E-state index is 12.6. The SMILES string of the molecule is Cc1nn(C)cc1[C@H](C)NC(=O)C1CCN(c2cn[nH]c(=O)c2)CC1. The van der Waals surface area contributed by atoms with E-state index in [2.05, 4.69) is 25.5 Å². The number of aryl methyl sites for hydroxylation is 2. The van der Waals surface area contributed by atoms with Crippen molar-refractivity contribution < 1.29 is 4.79 Å². The normalized spacial score (nSPS) is 16.7. The van der Waals surface area contributed by atoms with Crippen molar-refractivity contribution in [3.63, 3.8) is 0 Å². The number of carbonyl (C=O) groups is 1. The molecule has 3 rings (SSSR count). The zero-order valence-electron chi connectivity index (χ0n) is 14.8. The third-order valence-electron chi connectivity index (χ3n) is 4.76. The van der Waals surface area contributed by atoms with Crippen LogP contribution in [0.25, 0.3) is 0 Å². The summed E-state index contributed by atoms with van der Waals surface area (Å²) in [5, 5.41) is 13.6. The zero-order chi connectivity index (χ0) is 18.0. The lowest BCUT2D eigenvalue weighted by atomic mass is 9.95. The van der Waals surface area contributed by atoms with Crippen molar-refractivity contribution in [3.8, 4) is 0 Å². The van der Waals surface area contributed by atoms with Gasteiger partial charge in [-0.2, -0.15) is 10.2 Å². The van der Waals surface area contributed by atoms with E-state index in [1.165, 1.54) is 0 Å². The number of hydrogen-bond donors (Lipinski definition) is 2. The van der Waals surface area contributed by atoms with E-state index < -0.39 is 0 Å². The predicted molar refractivity (Wildman–Crippen MR) is 94.3 cm³/mol. The topological polar surface area (TPSA) is 95.9 Å². The Balaban J connectivity index is 1.56. The van der Waals surface area contributed by atoms with E-state index in [0.717, 1.165) is 42.9 Å². The van der Waals surface area contributed by atoms with E-state index in [1.807, 2.05) is 27.1 Å². The van der Waals surface area contributed by atoms with Gasteiger partial charge in [0.1, 0.15) is 0 Å². The summed E-state index contributed by atoms with van der Waals surface area (Å²) >= 11 is 0. The first-order valence-corrected chi connectivity index (χ1v) is 8.54. The molecule has 0 aliphatic carbocycles. The van der Waals surface area contributed by atoms with Crippen LogP contribution in [0, 0.1) is 12.8 Å². The van der Waals surface area contributed by atoms with Crippen molar-refractivity contribution in [2.24, 2.45) is 13.0 Å². The summed E-state index contributed by atoms with van der Waals surface area (Å²) in [5.41, 5.74) is 2.58. The van der Waals surface area contributed by atoms with Gasteiger partial charge in [-0.25, -0.2) is 5.10 Å². The van der Waals surface area contributed by atoms with E-state index in [0.29, 0.717) is 0 Å². The van der Waals surface area contributed by atoms with Gasteiger partial charge in [0, 0.05) is 43.9 Å². The molecule has 3 heterocycles. The van der Waals surface area contributed by atoms with Crippen molar-refractivity contribution in [1.82, 2.24) is 25.3 Å². The van der Waals surface area contributed by atoms with Crippen molar-refractivity contribution in [3.05, 3.63) is 40.1 Å². The first kappa shape index (κ1) is 17.2. The van der Waals surface area contributed by atoms with Gasteiger partial charge in [0.2, 0.25) is 5.91 Å². The van der Waals surface area contributed by atoms with Gasteiger partial charge in [-0.1, -0.05) is 0 Å². The van der Waals surface area contributed by atoms with Gasteiger partial charge in [-0.15, -0.1) is 0 Å². The Hall–Kier alpha value is -2.64. The second-order valence-electron chi connectivity index (χ2n) is 6.64. The summed E-state index contributed by atoms with van der Waals surface area (Å²) < 4.78 is 1.77. The van der Waals surface area contributed by atoms with Crippen LogP contribution in [0.3, 0.4) is 0 Å². The number of H-pyrrole nitrogens is 1. The van der Waals surface area contributed by atoms with E-state index >= 15 is 0 Å². The van der Waals surface area contributed by atoms with Gasteiger partial charge >= 0.3 is 0 Å². The Morgan fingerprint density at radius 2 is 2.12 bits per heavy atom. The molecule has 0 radical (unpaired) electrons. The first-order valence-electron chi connectivity index (χ1n) is 8.54. The smallest absolute Gasteiger partial charge is 0.266 e. The van der Waals surface area contributed by atoms with Gasteiger partial charge in [0.25, 0.3) is 5.56 Å². The Kier molecular flexibility index (Phi) is 4.87. The number of aromatic nitrogens is 4. The third-order valence-corrected chi connectivity index (χ3v) is 4.76. The number of nitrogens with zero attached hydrogens (tertiary/aromatic N) is 4. The number of piperidine rings is 1. The highest BCUT2D eigenvalue weighted by molar-refractivity contribution is 5.79. The van der Waals surface area contributed by atoms with E-state index in [4.69, 9.17) is 0 Å². The molecule has 134 valence electrons. The molecule has 1 amide bonds. The molecule has 1 atom stereocenters. The minimum Gasteiger partial charge on any atom is -0.370 e. The van der Waals surface area contributed by atoms with Crippen LogP contribution < -0.4 is 15.8 Å². The Bertz CT molecular complexity index is 803. The second kappa shape index (κ2) is 7.08. The van der Waals surface area contributed by atoms with Crippen LogP contribution in [-0.4, -0.2) is 39.0 Å². The minimum absolute atomic E-state index is 0.00867. The summed E-state index contributed by atoms with van der Waals surface area (Å²) in [7, 11) is 1.88. The van der Waals surface area contributed by atoms with E-state index in [9.17, 15) is 9.59 Å². The number of nitrogens with one attached hydrogen (secondary N) is 2. The lowest BCUT2D eigenvalue weighted by Crippen LogP contribution is -2.41. The standard InChI is InChI=1S/C17H24N6O2/c1-11(15-10-22(3)21-12(15)2)19-17(25)13-4-6-23(7-5-13)14-8-16(24)20-18-9-14/h8-11,13H,4-7H2,1-3H3,(H,19,25)(H,20,24)/t11-/m0/s1. The average molecular weight is 344 g/mol. The molecule has 0 aromatic carbocycles. The fourth-order valence-corrected chi connectivity index (χ4v) is 3.39. The van der Waals surface area contributed by atoms with E-state index in [1.54, 1.807) is 16.9 Å². The molecule has 1 fully saturated rings. The minimum atomic E-state index is -0.210. The lowest BCUT2D eigenvalue weighted by molar-refractivity contribution is -0.126. The summed E-state index contributed by atoms with van der Waals surface area (Å²) in [6.45, 7) is 5.41. The van der Waals surface area contributed by atoms with Crippen LogP contribution in [0.15, 0.2) is 23.3 Å². The highest BCUT2D eigenvalue weighted by Gasteiger charge is 2.27. The molecular weight excluding hydrogens is 320 g/mol. The fourth-order valence-electron chi connectivity index (χ4n) is 3.39. The molecule has 8 nitrogen and oxygen atoms in total. The fraction of sp³-hybridized carbons (Fsp3) is 0.529. The number of aromatic amines is 1. The maximum Gasteiger partial charge on any atom is 0.266 e. The van der Waals surface area contributed by atoms with Crippen molar-refractivity contribution in [2.45, 2.75) is 32.7 Å². The van der Waals surface area contributed by atoms with Crippen LogP contribution in [0.5, 0.6) is 0 Å². The summed E-state index contributed by atoms with van der Waals surface area (Å²) in [4.78, 5) is 26.0. The summed E-state index contributed by atoms with van der Waals surface area (Å²) in [6, 6.07) is 1.48. The highest BCUT2D eigenvalue weighted by Crippen LogP contribution is 2.23. The summed E-state index contributed by atoms with van der Waals surface area (Å²) in [6.07, 6.45) is 5.12. The first-order chi connectivity index (χ1) is 11.9. The Labute approximate surface area is 146 Å². The molecule has 2 aromatic rings. The van der Waals surface area contributed by atoms with Gasteiger partial charge in [-0.05, 0) is 26.7 Å². The summed E-state index contributed by atoms with van der Waals surface area (Å²) in [5.74, 6) is 0.0741. The molecule has 0 unspecified atom stereocenters. The molecule has 2 aromatic heterocycles. The largest absolute Gasteiger partial charge is 0.370 e. The zero-order valence-corrected chi connectivity index (χ0v) is 14.8. The number of hydrogen-bond acceptors (Lipinski definition) is 5. The van der Waals surface area contributed by atoms with Crippen LogP contribution in [0.2, 0.25) is 0 Å². The van der Waals surface area contributed by atoms with Crippen molar-refractivity contribution in [1.29, 1.82) is 0 Å². The molecule has 1 aliphatic rings. The van der Waals surface area contributed by atoms with Gasteiger partial charge in [0.15, 0.2) is 0 Å². The molecule has 2 N–H and O–H groups in total. The molecule has 8 heteroatoms. The van der Waals surface area contributed by atoms with E-state index in [-0.39, 0.29) is 23.4 Å². The monoisotopic (exact) mass is 344 g/mol. The average Bonchev–Trinajstić information content (AvgIpc) is 2.93. The molecule has 25 heavy (non-hydrogen) atoms. The quantitative estimate of drug-likeness (QED) is 0.859. The van der Waals surface area contributed by atoms with Gasteiger partial charge < -0.3 is 10.2 Å². The van der Waals surface area contributed by atoms with Crippen LogP contribution >= 0.6 is 0 Å². The van der Waals surface area contributed by atoms with Crippen molar-refractivity contribution in [2.75, 3.05) is 18.0 Å². The lowest BCUT2D eigenvalue weighted by Gasteiger charge is -2.33. The highest BCUT2D eigenvalue weighted by atomic mass is 16.2. The molecule has 1 saturated heterocycles. The Morgan fingerprint density at radius 1 is 1.40 bits per heavy atom. The molecule has 1 aliphatic heterocycles. The predicted octanol–water partition coefficient (Wildman–Crippen LogP) is 0.906. The molecule has 0 saturated carbocycles. The maximum absolute atomic E-state index is 12.6. The molecule has 0 spiro atoms. The van der Waals surface area contributed by atoms with Crippen LogP contribution in [-0.2, 0) is 11.8 Å². The van der Waals surface area contributed by atoms with Crippen LogP contribution in [0.1, 0.15) is 37.1 Å². The number of carbonyl (C=O) groups excluding carboxylic acids is 1. The third kappa shape index (κ3) is 3.89. The molecule has 0 bridgehead atoms. The van der Waals surface area contributed by atoms with Crippen LogP contribution in [0.4, 0.5) is 5.69 Å². The van der Waals surface area contributed by atoms with Gasteiger partial charge in [0.05, 0.1) is 23.6 Å². The molecular formula is C17H24N6O2. The van der Waals surface area contributed by atoms with Crippen molar-refractivity contribution >= 4 is 11.6 Å². The Morgan fingerprint density at radius 3 is 2.72 bits per heavy atom. The number of amides is 1. The number of rotatable bonds is 4. The second-order valence-corrected chi connectivity index (χ2v) is 6.64. The van der Waals surface area contributed by atoms with Gasteiger partial charge in [-0.3, -0.25) is 14.3 Å². The number of anilines is 1.